The molecular formula is C17H14N2O3. The molecule has 0 saturated heterocycles. The molecule has 3 rings (SSSR count). The summed E-state index contributed by atoms with van der Waals surface area (Å²) in [5.74, 6) is -1.03. The van der Waals surface area contributed by atoms with Gasteiger partial charge in [-0.05, 0) is 24.3 Å². The summed E-state index contributed by atoms with van der Waals surface area (Å²) in [7, 11) is 0. The van der Waals surface area contributed by atoms with Crippen LogP contribution < -0.4 is 4.90 Å². The number of carboxylic acid groups (broad SMARTS) is 1. The van der Waals surface area contributed by atoms with Crippen LogP contribution in [0, 0.1) is 0 Å². The number of nitrogens with zero attached hydrogens (tertiary/aromatic N) is 2. The van der Waals surface area contributed by atoms with E-state index in [0.29, 0.717) is 12.2 Å². The summed E-state index contributed by atoms with van der Waals surface area (Å²) in [4.78, 5) is 29.0. The van der Waals surface area contributed by atoms with Gasteiger partial charge in [-0.2, -0.15) is 0 Å². The lowest BCUT2D eigenvalue weighted by molar-refractivity contribution is -0.116. The molecule has 0 bridgehead atoms. The highest BCUT2D eigenvalue weighted by atomic mass is 16.4. The van der Waals surface area contributed by atoms with Crippen molar-refractivity contribution in [1.82, 2.24) is 0 Å². The highest BCUT2D eigenvalue weighted by Gasteiger charge is 2.27. The summed E-state index contributed by atoms with van der Waals surface area (Å²) >= 11 is 0. The lowest BCUT2D eigenvalue weighted by Gasteiger charge is -2.13. The molecule has 1 N–H and O–H groups in total. The van der Waals surface area contributed by atoms with Crippen LogP contribution in [0.25, 0.3) is 0 Å². The van der Waals surface area contributed by atoms with Gasteiger partial charge < -0.3 is 10.0 Å². The van der Waals surface area contributed by atoms with Gasteiger partial charge in [0.15, 0.2) is 0 Å². The maximum atomic E-state index is 11.7. The van der Waals surface area contributed by atoms with Crippen LogP contribution in [0.5, 0.6) is 0 Å². The van der Waals surface area contributed by atoms with Gasteiger partial charge in [-0.3, -0.25) is 9.79 Å². The Balaban J connectivity index is 2.04. The Hall–Kier alpha value is -2.95. The number of aliphatic imine (C=N–C) groups is 1. The molecule has 5 heteroatoms. The number of benzene rings is 2. The molecule has 2 aromatic carbocycles. The van der Waals surface area contributed by atoms with E-state index < -0.39 is 5.97 Å². The Morgan fingerprint density at radius 1 is 1.14 bits per heavy atom. The molecule has 110 valence electrons. The lowest BCUT2D eigenvalue weighted by atomic mass is 10.1. The Morgan fingerprint density at radius 2 is 1.91 bits per heavy atom. The zero-order valence-corrected chi connectivity index (χ0v) is 12.0. The number of carbonyl (C=O) groups is 2. The molecule has 22 heavy (non-hydrogen) atoms. The number of hydrogen-bond acceptors (Lipinski definition) is 3. The average molecular weight is 294 g/mol. The van der Waals surface area contributed by atoms with Gasteiger partial charge in [0.05, 0.1) is 29.2 Å². The van der Waals surface area contributed by atoms with Crippen molar-refractivity contribution in [1.29, 1.82) is 0 Å². The van der Waals surface area contributed by atoms with Crippen LogP contribution in [0.2, 0.25) is 0 Å². The highest BCUT2D eigenvalue weighted by Crippen LogP contribution is 2.29. The second kappa shape index (κ2) is 5.44. The predicted octanol–water partition coefficient (Wildman–Crippen LogP) is 2.87. The third-order valence-corrected chi connectivity index (χ3v) is 3.55. The second-order valence-electron chi connectivity index (χ2n) is 5.04. The first-order valence-electron chi connectivity index (χ1n) is 6.84. The number of fused-ring (bicyclic) bond motifs is 1. The number of para-hydroxylation sites is 1. The minimum atomic E-state index is -0.987. The number of hydrogen-bond donors (Lipinski definition) is 1. The summed E-state index contributed by atoms with van der Waals surface area (Å²) in [6.45, 7) is 1.91. The zero-order chi connectivity index (χ0) is 15.7. The fraction of sp³-hybridized carbons (Fsp3) is 0.118. The molecule has 1 aliphatic rings. The van der Waals surface area contributed by atoms with Crippen molar-refractivity contribution in [2.45, 2.75) is 6.92 Å². The van der Waals surface area contributed by atoms with Gasteiger partial charge in [0.1, 0.15) is 0 Å². The van der Waals surface area contributed by atoms with E-state index >= 15 is 0 Å². The summed E-state index contributed by atoms with van der Waals surface area (Å²) in [6, 6.07) is 14.0. The summed E-state index contributed by atoms with van der Waals surface area (Å²) in [5.41, 5.74) is 3.25. The normalized spacial score (nSPS) is 15.0. The maximum absolute atomic E-state index is 11.7. The molecule has 0 fully saturated rings. The number of carbonyl (C=O) groups excluding carboxylic acids is 1. The number of carboxylic acids is 1. The first kappa shape index (κ1) is 14.0. The predicted molar refractivity (Wildman–Crippen MR) is 84.1 cm³/mol. The van der Waals surface area contributed by atoms with Crippen LogP contribution >= 0.6 is 0 Å². The molecule has 1 aliphatic heterocycles. The van der Waals surface area contributed by atoms with Crippen molar-refractivity contribution < 1.29 is 14.7 Å². The van der Waals surface area contributed by atoms with Gasteiger partial charge >= 0.3 is 5.97 Å². The Labute approximate surface area is 127 Å². The van der Waals surface area contributed by atoms with Gasteiger partial charge in [-0.25, -0.2) is 4.79 Å². The SMILES string of the molecule is CC(=O)N1CC(=Nc2cccc(C(=O)O)c2)c2ccccc21. The maximum Gasteiger partial charge on any atom is 0.335 e. The van der Waals surface area contributed by atoms with Crippen LogP contribution in [0.4, 0.5) is 11.4 Å². The third-order valence-electron chi connectivity index (χ3n) is 3.55. The van der Waals surface area contributed by atoms with E-state index in [1.807, 2.05) is 24.3 Å². The minimum absolute atomic E-state index is 0.0445. The molecule has 1 heterocycles. The average Bonchev–Trinajstić information content (AvgIpc) is 2.87. The van der Waals surface area contributed by atoms with Gasteiger partial charge in [0.2, 0.25) is 5.91 Å². The molecular weight excluding hydrogens is 280 g/mol. The number of rotatable bonds is 2. The number of amides is 1. The zero-order valence-electron chi connectivity index (χ0n) is 12.0. The van der Waals surface area contributed by atoms with Crippen molar-refractivity contribution in [3.63, 3.8) is 0 Å². The Kier molecular flexibility index (Phi) is 3.47. The van der Waals surface area contributed by atoms with E-state index in [1.165, 1.54) is 19.1 Å². The van der Waals surface area contributed by atoms with Crippen LogP contribution in [0.1, 0.15) is 22.8 Å². The molecule has 5 nitrogen and oxygen atoms in total. The fourth-order valence-electron chi connectivity index (χ4n) is 2.51. The van der Waals surface area contributed by atoms with E-state index in [9.17, 15) is 9.59 Å². The van der Waals surface area contributed by atoms with Crippen LogP contribution in [-0.4, -0.2) is 29.2 Å². The van der Waals surface area contributed by atoms with Gasteiger partial charge in [0.25, 0.3) is 0 Å². The number of anilines is 1. The topological polar surface area (TPSA) is 70.0 Å². The molecule has 0 unspecified atom stereocenters. The first-order valence-corrected chi connectivity index (χ1v) is 6.84. The quantitative estimate of drug-likeness (QED) is 0.925. The van der Waals surface area contributed by atoms with Crippen molar-refractivity contribution in [3.05, 3.63) is 59.7 Å². The molecule has 0 saturated carbocycles. The van der Waals surface area contributed by atoms with Crippen molar-refractivity contribution in [2.75, 3.05) is 11.4 Å². The Bertz CT molecular complexity index is 796. The van der Waals surface area contributed by atoms with Crippen molar-refractivity contribution in [2.24, 2.45) is 4.99 Å². The van der Waals surface area contributed by atoms with Crippen molar-refractivity contribution in [3.8, 4) is 0 Å². The molecule has 0 atom stereocenters. The first-order chi connectivity index (χ1) is 10.6. The molecule has 0 radical (unpaired) electrons. The van der Waals surface area contributed by atoms with E-state index in [2.05, 4.69) is 4.99 Å². The summed E-state index contributed by atoms with van der Waals surface area (Å²) in [5, 5.41) is 9.04. The fourth-order valence-corrected chi connectivity index (χ4v) is 2.51. The van der Waals surface area contributed by atoms with Crippen LogP contribution in [0.15, 0.2) is 53.5 Å². The van der Waals surface area contributed by atoms with Gasteiger partial charge in [-0.1, -0.05) is 24.3 Å². The lowest BCUT2D eigenvalue weighted by Crippen LogP contribution is -2.27. The standard InChI is InChI=1S/C17H14N2O3/c1-11(20)19-10-15(14-7-2-3-8-16(14)19)18-13-6-4-5-12(9-13)17(21)22/h2-9H,10H2,1H3,(H,21,22). The molecule has 1 amide bonds. The monoisotopic (exact) mass is 294 g/mol. The smallest absolute Gasteiger partial charge is 0.335 e. The molecule has 0 aromatic heterocycles. The minimum Gasteiger partial charge on any atom is -0.478 e. The Morgan fingerprint density at radius 3 is 2.64 bits per heavy atom. The molecule has 0 spiro atoms. The largest absolute Gasteiger partial charge is 0.478 e. The van der Waals surface area contributed by atoms with E-state index in [1.54, 1.807) is 17.0 Å². The second-order valence-corrected chi connectivity index (χ2v) is 5.04. The van der Waals surface area contributed by atoms with E-state index in [-0.39, 0.29) is 11.5 Å². The van der Waals surface area contributed by atoms with Gasteiger partial charge in [-0.15, -0.1) is 0 Å². The highest BCUT2D eigenvalue weighted by molar-refractivity contribution is 6.18. The van der Waals surface area contributed by atoms with Crippen molar-refractivity contribution >= 4 is 29.0 Å². The third kappa shape index (κ3) is 2.48. The summed E-state index contributed by atoms with van der Waals surface area (Å²) < 4.78 is 0. The number of aromatic carboxylic acids is 1. The van der Waals surface area contributed by atoms with Crippen LogP contribution in [0.3, 0.4) is 0 Å². The van der Waals surface area contributed by atoms with Crippen LogP contribution in [-0.2, 0) is 4.79 Å². The molecule has 0 aliphatic carbocycles. The van der Waals surface area contributed by atoms with E-state index in [4.69, 9.17) is 5.11 Å². The van der Waals surface area contributed by atoms with Gasteiger partial charge in [0, 0.05) is 12.5 Å². The van der Waals surface area contributed by atoms with E-state index in [0.717, 1.165) is 17.0 Å². The molecule has 2 aromatic rings. The summed E-state index contributed by atoms with van der Waals surface area (Å²) in [6.07, 6.45) is 0.